The molecule has 2 heteroatoms. The van der Waals surface area contributed by atoms with Gasteiger partial charge < -0.3 is 9.84 Å². The molecule has 1 aliphatic heterocycles. The fraction of sp³-hybridized carbons (Fsp3) is 0.818. The molecule has 1 N–H and O–H groups in total. The van der Waals surface area contributed by atoms with E-state index in [1.54, 1.807) is 0 Å². The van der Waals surface area contributed by atoms with Crippen molar-refractivity contribution >= 4 is 0 Å². The minimum absolute atomic E-state index is 0.185. The van der Waals surface area contributed by atoms with Crippen molar-refractivity contribution < 1.29 is 9.84 Å². The molecule has 2 fully saturated rings. The van der Waals surface area contributed by atoms with E-state index in [1.807, 2.05) is 19.9 Å². The SMILES string of the molecule is CC(C)=C[C@H](O)[C@@]12CCCCC1O2. The predicted octanol–water partition coefficient (Wildman–Crippen LogP) is 2.03. The highest BCUT2D eigenvalue weighted by atomic mass is 16.6. The van der Waals surface area contributed by atoms with Crippen LogP contribution in [0.4, 0.5) is 0 Å². The number of hydrogen-bond donors (Lipinski definition) is 1. The molecule has 1 saturated heterocycles. The summed E-state index contributed by atoms with van der Waals surface area (Å²) in [6.45, 7) is 4.03. The average molecular weight is 182 g/mol. The van der Waals surface area contributed by atoms with Crippen molar-refractivity contribution in [2.24, 2.45) is 0 Å². The lowest BCUT2D eigenvalue weighted by Crippen LogP contribution is -2.32. The summed E-state index contributed by atoms with van der Waals surface area (Å²) in [5, 5.41) is 9.94. The van der Waals surface area contributed by atoms with Gasteiger partial charge in [-0.05, 0) is 26.7 Å². The van der Waals surface area contributed by atoms with E-state index in [9.17, 15) is 5.11 Å². The van der Waals surface area contributed by atoms with Gasteiger partial charge in [-0.3, -0.25) is 0 Å². The van der Waals surface area contributed by atoms with E-state index in [1.165, 1.54) is 18.4 Å². The topological polar surface area (TPSA) is 32.8 Å². The molecule has 0 aromatic carbocycles. The molecule has 0 aromatic rings. The first-order valence-electron chi connectivity index (χ1n) is 5.16. The highest BCUT2D eigenvalue weighted by Crippen LogP contribution is 2.50. The highest BCUT2D eigenvalue weighted by molar-refractivity contribution is 5.17. The van der Waals surface area contributed by atoms with Crippen molar-refractivity contribution in [1.82, 2.24) is 0 Å². The molecule has 1 saturated carbocycles. The Kier molecular flexibility index (Phi) is 2.20. The van der Waals surface area contributed by atoms with Crippen LogP contribution in [0.5, 0.6) is 0 Å². The first kappa shape index (κ1) is 9.22. The van der Waals surface area contributed by atoms with Crippen LogP contribution in [0.15, 0.2) is 11.6 Å². The molecule has 0 spiro atoms. The quantitative estimate of drug-likeness (QED) is 0.523. The van der Waals surface area contributed by atoms with Crippen molar-refractivity contribution in [2.75, 3.05) is 0 Å². The maximum absolute atomic E-state index is 9.94. The van der Waals surface area contributed by atoms with Gasteiger partial charge in [0.15, 0.2) is 0 Å². The molecule has 1 aliphatic carbocycles. The molecule has 2 nitrogen and oxygen atoms in total. The van der Waals surface area contributed by atoms with E-state index in [0.29, 0.717) is 6.10 Å². The minimum Gasteiger partial charge on any atom is -0.386 e. The van der Waals surface area contributed by atoms with Crippen LogP contribution in [0.25, 0.3) is 0 Å². The molecule has 2 rings (SSSR count). The van der Waals surface area contributed by atoms with Crippen LogP contribution in [0.3, 0.4) is 0 Å². The van der Waals surface area contributed by atoms with E-state index in [-0.39, 0.29) is 11.7 Å². The summed E-state index contributed by atoms with van der Waals surface area (Å²) < 4.78 is 5.63. The third-order valence-electron chi connectivity index (χ3n) is 3.13. The fourth-order valence-corrected chi connectivity index (χ4v) is 2.35. The van der Waals surface area contributed by atoms with Crippen LogP contribution in [0, 0.1) is 0 Å². The van der Waals surface area contributed by atoms with Crippen LogP contribution in [0.1, 0.15) is 39.5 Å². The van der Waals surface area contributed by atoms with Gasteiger partial charge in [0.05, 0.1) is 6.10 Å². The van der Waals surface area contributed by atoms with Crippen molar-refractivity contribution in [2.45, 2.75) is 57.3 Å². The molecule has 3 atom stereocenters. The smallest absolute Gasteiger partial charge is 0.124 e. The molecule has 1 heterocycles. The van der Waals surface area contributed by atoms with Gasteiger partial charge in [-0.1, -0.05) is 24.5 Å². The van der Waals surface area contributed by atoms with E-state index in [2.05, 4.69) is 0 Å². The predicted molar refractivity (Wildman–Crippen MR) is 51.5 cm³/mol. The molecule has 0 radical (unpaired) electrons. The number of aliphatic hydroxyl groups excluding tert-OH is 1. The van der Waals surface area contributed by atoms with Gasteiger partial charge in [0.25, 0.3) is 0 Å². The molecular weight excluding hydrogens is 164 g/mol. The zero-order chi connectivity index (χ0) is 9.47. The molecule has 13 heavy (non-hydrogen) atoms. The normalized spacial score (nSPS) is 39.2. The van der Waals surface area contributed by atoms with Crippen molar-refractivity contribution in [3.8, 4) is 0 Å². The van der Waals surface area contributed by atoms with Crippen molar-refractivity contribution in [3.05, 3.63) is 11.6 Å². The summed E-state index contributed by atoms with van der Waals surface area (Å²) in [7, 11) is 0. The van der Waals surface area contributed by atoms with Crippen molar-refractivity contribution in [1.29, 1.82) is 0 Å². The number of allylic oxidation sites excluding steroid dienone is 1. The van der Waals surface area contributed by atoms with Gasteiger partial charge in [-0.15, -0.1) is 0 Å². The van der Waals surface area contributed by atoms with Crippen LogP contribution in [0.2, 0.25) is 0 Å². The Morgan fingerprint density at radius 3 is 2.92 bits per heavy atom. The Morgan fingerprint density at radius 2 is 2.31 bits per heavy atom. The molecule has 0 amide bonds. The summed E-state index contributed by atoms with van der Waals surface area (Å²) in [5.41, 5.74) is 0.983. The lowest BCUT2D eigenvalue weighted by atomic mass is 9.84. The molecule has 0 bridgehead atoms. The van der Waals surface area contributed by atoms with Gasteiger partial charge in [-0.25, -0.2) is 0 Å². The molecule has 0 aromatic heterocycles. The number of ether oxygens (including phenoxy) is 1. The van der Waals surface area contributed by atoms with E-state index < -0.39 is 0 Å². The maximum Gasteiger partial charge on any atom is 0.124 e. The first-order chi connectivity index (χ1) is 6.15. The lowest BCUT2D eigenvalue weighted by Gasteiger charge is -2.20. The molecule has 1 unspecified atom stereocenters. The monoisotopic (exact) mass is 182 g/mol. The van der Waals surface area contributed by atoms with Crippen LogP contribution >= 0.6 is 0 Å². The Morgan fingerprint density at radius 1 is 1.54 bits per heavy atom. The Balaban J connectivity index is 2.04. The summed E-state index contributed by atoms with van der Waals surface area (Å²) in [4.78, 5) is 0. The zero-order valence-corrected chi connectivity index (χ0v) is 8.42. The lowest BCUT2D eigenvalue weighted by molar-refractivity contribution is 0.103. The molecule has 74 valence electrons. The van der Waals surface area contributed by atoms with Gasteiger partial charge in [-0.2, -0.15) is 0 Å². The Hall–Kier alpha value is -0.340. The number of hydrogen-bond acceptors (Lipinski definition) is 2. The summed E-state index contributed by atoms with van der Waals surface area (Å²) >= 11 is 0. The summed E-state index contributed by atoms with van der Waals surface area (Å²) in [5.74, 6) is 0. The van der Waals surface area contributed by atoms with E-state index >= 15 is 0 Å². The van der Waals surface area contributed by atoms with Gasteiger partial charge in [0, 0.05) is 0 Å². The van der Waals surface area contributed by atoms with E-state index in [0.717, 1.165) is 12.8 Å². The third-order valence-corrected chi connectivity index (χ3v) is 3.13. The second-order valence-electron chi connectivity index (χ2n) is 4.50. The first-order valence-corrected chi connectivity index (χ1v) is 5.16. The fourth-order valence-electron chi connectivity index (χ4n) is 2.35. The number of epoxide rings is 1. The largest absolute Gasteiger partial charge is 0.386 e. The van der Waals surface area contributed by atoms with Crippen LogP contribution in [-0.4, -0.2) is 22.9 Å². The third kappa shape index (κ3) is 1.53. The molecule has 2 aliphatic rings. The Bertz CT molecular complexity index is 230. The standard InChI is InChI=1S/C11H18O2/c1-8(2)7-9(12)11-6-4-3-5-10(11)13-11/h7,9-10,12H,3-6H2,1-2H3/t9-,10?,11-/m0/s1. The average Bonchev–Trinajstić information content (AvgIpc) is 2.77. The number of fused-ring (bicyclic) bond motifs is 1. The number of aliphatic hydroxyl groups is 1. The maximum atomic E-state index is 9.94. The van der Waals surface area contributed by atoms with Crippen LogP contribution < -0.4 is 0 Å². The highest BCUT2D eigenvalue weighted by Gasteiger charge is 2.60. The summed E-state index contributed by atoms with van der Waals surface area (Å²) in [6.07, 6.45) is 6.49. The molecular formula is C11H18O2. The Labute approximate surface area is 79.6 Å². The minimum atomic E-state index is -0.386. The van der Waals surface area contributed by atoms with Gasteiger partial charge in [0.1, 0.15) is 11.7 Å². The second-order valence-corrected chi connectivity index (χ2v) is 4.50. The van der Waals surface area contributed by atoms with Gasteiger partial charge in [0.2, 0.25) is 0 Å². The van der Waals surface area contributed by atoms with Gasteiger partial charge >= 0.3 is 0 Å². The summed E-state index contributed by atoms with van der Waals surface area (Å²) in [6, 6.07) is 0. The second kappa shape index (κ2) is 3.10. The van der Waals surface area contributed by atoms with Crippen LogP contribution in [-0.2, 0) is 4.74 Å². The zero-order valence-electron chi connectivity index (χ0n) is 8.42. The van der Waals surface area contributed by atoms with Crippen molar-refractivity contribution in [3.63, 3.8) is 0 Å². The number of rotatable bonds is 2. The van der Waals surface area contributed by atoms with E-state index in [4.69, 9.17) is 4.74 Å².